The van der Waals surface area contributed by atoms with Crippen LogP contribution in [0, 0.1) is 24.0 Å². The number of thioether (sulfide) groups is 1. The molecular formula is C19H19N3O4S. The molecule has 0 N–H and O–H groups in total. The van der Waals surface area contributed by atoms with Crippen molar-refractivity contribution < 1.29 is 14.5 Å². The Morgan fingerprint density at radius 1 is 1.22 bits per heavy atom. The molecule has 3 rings (SSSR count). The van der Waals surface area contributed by atoms with Crippen LogP contribution in [0.15, 0.2) is 35.2 Å². The van der Waals surface area contributed by atoms with E-state index in [4.69, 9.17) is 0 Å². The Morgan fingerprint density at radius 3 is 2.63 bits per heavy atom. The van der Waals surface area contributed by atoms with Crippen LogP contribution in [-0.4, -0.2) is 32.1 Å². The number of benzene rings is 1. The molecule has 140 valence electrons. The minimum absolute atomic E-state index is 0.0160. The monoisotopic (exact) mass is 385 g/mol. The van der Waals surface area contributed by atoms with E-state index in [1.54, 1.807) is 18.2 Å². The third-order valence-corrected chi connectivity index (χ3v) is 5.28. The lowest BCUT2D eigenvalue weighted by atomic mass is 10.2. The summed E-state index contributed by atoms with van der Waals surface area (Å²) in [6.07, 6.45) is 2.43. The minimum Gasteiger partial charge on any atom is -0.318 e. The van der Waals surface area contributed by atoms with E-state index >= 15 is 0 Å². The summed E-state index contributed by atoms with van der Waals surface area (Å²) in [4.78, 5) is 36.7. The van der Waals surface area contributed by atoms with Gasteiger partial charge in [-0.25, -0.2) is 0 Å². The smallest absolute Gasteiger partial charge is 0.293 e. The molecule has 1 aliphatic rings. The van der Waals surface area contributed by atoms with Crippen molar-refractivity contribution in [2.24, 2.45) is 0 Å². The van der Waals surface area contributed by atoms with Crippen LogP contribution in [0.4, 0.5) is 10.5 Å². The predicted molar refractivity (Wildman–Crippen MR) is 105 cm³/mol. The van der Waals surface area contributed by atoms with Gasteiger partial charge in [0.1, 0.15) is 0 Å². The number of carbonyl (C=O) groups is 2. The van der Waals surface area contributed by atoms with E-state index in [9.17, 15) is 19.7 Å². The number of carbonyl (C=O) groups excluding carboxylic acids is 2. The number of amides is 2. The maximum absolute atomic E-state index is 12.4. The third kappa shape index (κ3) is 3.52. The average molecular weight is 385 g/mol. The fraction of sp³-hybridized carbons (Fsp3) is 0.263. The van der Waals surface area contributed by atoms with Gasteiger partial charge in [-0.05, 0) is 55.8 Å². The molecule has 2 aromatic rings. The highest BCUT2D eigenvalue weighted by Gasteiger charge is 2.34. The van der Waals surface area contributed by atoms with Crippen LogP contribution in [0.5, 0.6) is 0 Å². The maximum atomic E-state index is 12.4. The van der Waals surface area contributed by atoms with Gasteiger partial charge in [-0.2, -0.15) is 0 Å². The zero-order valence-corrected chi connectivity index (χ0v) is 16.1. The minimum atomic E-state index is -0.428. The number of nitro benzene ring substituents is 1. The summed E-state index contributed by atoms with van der Waals surface area (Å²) in [7, 11) is 0. The lowest BCUT2D eigenvalue weighted by molar-refractivity contribution is -0.384. The molecule has 0 saturated carbocycles. The van der Waals surface area contributed by atoms with Gasteiger partial charge in [-0.1, -0.05) is 13.0 Å². The molecule has 1 fully saturated rings. The summed E-state index contributed by atoms with van der Waals surface area (Å²) in [5.74, 6) is -0.271. The summed E-state index contributed by atoms with van der Waals surface area (Å²) < 4.78 is 1.90. The topological polar surface area (TPSA) is 85.4 Å². The van der Waals surface area contributed by atoms with E-state index in [0.717, 1.165) is 28.7 Å². The third-order valence-electron chi connectivity index (χ3n) is 4.38. The molecule has 2 amide bonds. The molecule has 0 atom stereocenters. The Morgan fingerprint density at radius 2 is 1.96 bits per heavy atom. The molecule has 2 heterocycles. The van der Waals surface area contributed by atoms with Crippen LogP contribution in [0.1, 0.15) is 30.3 Å². The number of hydrogen-bond acceptors (Lipinski definition) is 5. The van der Waals surface area contributed by atoms with Crippen molar-refractivity contribution in [2.45, 2.75) is 27.2 Å². The van der Waals surface area contributed by atoms with Crippen molar-refractivity contribution in [3.63, 3.8) is 0 Å². The number of imide groups is 1. The van der Waals surface area contributed by atoms with E-state index in [0.29, 0.717) is 23.6 Å². The van der Waals surface area contributed by atoms with Crippen molar-refractivity contribution in [1.29, 1.82) is 0 Å². The van der Waals surface area contributed by atoms with Crippen molar-refractivity contribution >= 4 is 34.7 Å². The standard InChI is InChI=1S/C19H19N3O4S/c1-4-8-20-18(23)17(27-19(20)24)10-14-9-12(2)21(13(14)3)15-6-5-7-16(11-15)22(25)26/h5-7,9-11H,4,8H2,1-3H3/b17-10+. The van der Waals surface area contributed by atoms with Crippen LogP contribution in [0.2, 0.25) is 0 Å². The van der Waals surface area contributed by atoms with Crippen molar-refractivity contribution in [3.05, 3.63) is 62.3 Å². The van der Waals surface area contributed by atoms with Gasteiger partial charge in [-0.15, -0.1) is 0 Å². The van der Waals surface area contributed by atoms with Crippen molar-refractivity contribution in [3.8, 4) is 5.69 Å². The number of hydrogen-bond donors (Lipinski definition) is 0. The van der Waals surface area contributed by atoms with Gasteiger partial charge in [0.05, 0.1) is 15.5 Å². The molecule has 1 aromatic carbocycles. The number of non-ortho nitro benzene ring substituents is 1. The van der Waals surface area contributed by atoms with Gasteiger partial charge in [0.2, 0.25) is 0 Å². The Bertz CT molecular complexity index is 977. The maximum Gasteiger partial charge on any atom is 0.293 e. The molecule has 1 aromatic heterocycles. The lowest BCUT2D eigenvalue weighted by Crippen LogP contribution is -2.28. The fourth-order valence-electron chi connectivity index (χ4n) is 3.13. The second-order valence-corrected chi connectivity index (χ2v) is 7.27. The molecule has 0 aliphatic carbocycles. The summed E-state index contributed by atoms with van der Waals surface area (Å²) >= 11 is 0.943. The molecule has 1 aliphatic heterocycles. The zero-order valence-electron chi connectivity index (χ0n) is 15.3. The van der Waals surface area contributed by atoms with Gasteiger partial charge in [0.15, 0.2) is 0 Å². The fourth-order valence-corrected chi connectivity index (χ4v) is 3.99. The summed E-state index contributed by atoms with van der Waals surface area (Å²) in [6, 6.07) is 8.30. The predicted octanol–water partition coefficient (Wildman–Crippen LogP) is 4.45. The van der Waals surface area contributed by atoms with Gasteiger partial charge < -0.3 is 4.57 Å². The normalized spacial score (nSPS) is 15.8. The SMILES string of the molecule is CCCN1C(=O)S/C(=C/c2cc(C)n(-c3cccc([N+](=O)[O-])c3)c2C)C1=O. The highest BCUT2D eigenvalue weighted by molar-refractivity contribution is 8.18. The number of rotatable bonds is 5. The highest BCUT2D eigenvalue weighted by Crippen LogP contribution is 2.34. The average Bonchev–Trinajstić information content (AvgIpc) is 3.05. The first-order valence-electron chi connectivity index (χ1n) is 8.52. The number of aromatic nitrogens is 1. The Kier molecular flexibility index (Phi) is 5.18. The van der Waals surface area contributed by atoms with Gasteiger partial charge in [0, 0.05) is 30.1 Å². The first-order valence-corrected chi connectivity index (χ1v) is 9.34. The van der Waals surface area contributed by atoms with Crippen LogP contribution in [0.25, 0.3) is 11.8 Å². The first-order chi connectivity index (χ1) is 12.8. The molecule has 0 spiro atoms. The second-order valence-electron chi connectivity index (χ2n) is 6.27. The Hall–Kier alpha value is -2.87. The van der Waals surface area contributed by atoms with Gasteiger partial charge in [-0.3, -0.25) is 24.6 Å². The van der Waals surface area contributed by atoms with Gasteiger partial charge >= 0.3 is 0 Å². The number of aryl methyl sites for hydroxylation is 1. The summed E-state index contributed by atoms with van der Waals surface area (Å²) in [5, 5.41) is 10.8. The van der Waals surface area contributed by atoms with Crippen LogP contribution in [0.3, 0.4) is 0 Å². The molecule has 0 unspecified atom stereocenters. The molecule has 0 radical (unpaired) electrons. The van der Waals surface area contributed by atoms with E-state index < -0.39 is 4.92 Å². The number of nitro groups is 1. The van der Waals surface area contributed by atoms with Crippen LogP contribution < -0.4 is 0 Å². The highest BCUT2D eigenvalue weighted by atomic mass is 32.2. The van der Waals surface area contributed by atoms with Crippen LogP contribution in [-0.2, 0) is 4.79 Å². The van der Waals surface area contributed by atoms with E-state index in [1.807, 2.05) is 31.4 Å². The van der Waals surface area contributed by atoms with E-state index in [1.165, 1.54) is 17.0 Å². The van der Waals surface area contributed by atoms with E-state index in [2.05, 4.69) is 0 Å². The molecule has 1 saturated heterocycles. The van der Waals surface area contributed by atoms with Crippen LogP contribution >= 0.6 is 11.8 Å². The largest absolute Gasteiger partial charge is 0.318 e. The molecule has 8 heteroatoms. The Balaban J connectivity index is 2.00. The lowest BCUT2D eigenvalue weighted by Gasteiger charge is -2.10. The quantitative estimate of drug-likeness (QED) is 0.431. The zero-order chi connectivity index (χ0) is 19.7. The summed E-state index contributed by atoms with van der Waals surface area (Å²) in [5.41, 5.74) is 3.23. The summed E-state index contributed by atoms with van der Waals surface area (Å²) in [6.45, 7) is 6.11. The molecule has 7 nitrogen and oxygen atoms in total. The van der Waals surface area contributed by atoms with Crippen molar-refractivity contribution in [1.82, 2.24) is 9.47 Å². The Labute approximate surface area is 160 Å². The molecule has 0 bridgehead atoms. The second kappa shape index (κ2) is 7.40. The first kappa shape index (κ1) is 18.9. The van der Waals surface area contributed by atoms with Crippen molar-refractivity contribution in [2.75, 3.05) is 6.54 Å². The molecule has 27 heavy (non-hydrogen) atoms. The van der Waals surface area contributed by atoms with E-state index in [-0.39, 0.29) is 16.8 Å². The molecular weight excluding hydrogens is 366 g/mol. The number of nitrogens with zero attached hydrogens (tertiary/aromatic N) is 3. The van der Waals surface area contributed by atoms with Gasteiger partial charge in [0.25, 0.3) is 16.8 Å².